The van der Waals surface area contributed by atoms with E-state index in [4.69, 9.17) is 23.2 Å². The average Bonchev–Trinajstić information content (AvgIpc) is 2.47. The molecule has 2 aromatic rings. The van der Waals surface area contributed by atoms with Crippen molar-refractivity contribution < 1.29 is 4.92 Å². The van der Waals surface area contributed by atoms with E-state index in [1.54, 1.807) is 37.3 Å². The van der Waals surface area contributed by atoms with Crippen LogP contribution in [0.3, 0.4) is 0 Å². The smallest absolute Gasteiger partial charge is 0.269 e. The van der Waals surface area contributed by atoms with Gasteiger partial charge in [-0.05, 0) is 37.3 Å². The first kappa shape index (κ1) is 15.3. The van der Waals surface area contributed by atoms with Crippen LogP contribution < -0.4 is 5.43 Å². The molecule has 0 saturated heterocycles. The van der Waals surface area contributed by atoms with Gasteiger partial charge in [0.2, 0.25) is 0 Å². The van der Waals surface area contributed by atoms with Gasteiger partial charge in [0.25, 0.3) is 5.69 Å². The molecule has 7 heteroatoms. The molecule has 0 amide bonds. The standard InChI is InChI=1S/C14H11Cl2N3O2/c1-9(13-8-10(15)2-7-14(13)16)17-18-11-3-5-12(6-4-11)19(20)21/h2-8,18H,1H3/b17-9+. The van der Waals surface area contributed by atoms with Crippen molar-refractivity contribution in [3.63, 3.8) is 0 Å². The Hall–Kier alpha value is -2.11. The Bertz CT molecular complexity index is 700. The van der Waals surface area contributed by atoms with Crippen molar-refractivity contribution in [1.82, 2.24) is 0 Å². The number of nitro groups is 1. The van der Waals surface area contributed by atoms with E-state index in [9.17, 15) is 10.1 Å². The number of non-ortho nitro benzene ring substituents is 1. The van der Waals surface area contributed by atoms with Crippen molar-refractivity contribution in [1.29, 1.82) is 0 Å². The van der Waals surface area contributed by atoms with Crippen LogP contribution in [-0.4, -0.2) is 10.6 Å². The quantitative estimate of drug-likeness (QED) is 0.502. The van der Waals surface area contributed by atoms with E-state index in [-0.39, 0.29) is 5.69 Å². The highest BCUT2D eigenvalue weighted by molar-refractivity contribution is 6.36. The lowest BCUT2D eigenvalue weighted by Gasteiger charge is -2.06. The number of nitrogens with one attached hydrogen (secondary N) is 1. The minimum atomic E-state index is -0.454. The average molecular weight is 324 g/mol. The number of nitrogens with zero attached hydrogens (tertiary/aromatic N) is 2. The van der Waals surface area contributed by atoms with Gasteiger partial charge in [-0.1, -0.05) is 23.2 Å². The van der Waals surface area contributed by atoms with Crippen molar-refractivity contribution in [3.05, 3.63) is 68.2 Å². The Balaban J connectivity index is 2.16. The molecular formula is C14H11Cl2N3O2. The molecule has 0 bridgehead atoms. The molecule has 0 aliphatic carbocycles. The van der Waals surface area contributed by atoms with E-state index in [0.717, 1.165) is 5.56 Å². The fourth-order valence-corrected chi connectivity index (χ4v) is 2.07. The van der Waals surface area contributed by atoms with E-state index < -0.39 is 4.92 Å². The summed E-state index contributed by atoms with van der Waals surface area (Å²) in [7, 11) is 0. The largest absolute Gasteiger partial charge is 0.278 e. The van der Waals surface area contributed by atoms with Crippen LogP contribution in [0.4, 0.5) is 11.4 Å². The fraction of sp³-hybridized carbons (Fsp3) is 0.0714. The first-order valence-electron chi connectivity index (χ1n) is 5.97. The molecule has 0 spiro atoms. The number of hydrazone groups is 1. The van der Waals surface area contributed by atoms with Gasteiger partial charge >= 0.3 is 0 Å². The molecule has 0 aromatic heterocycles. The van der Waals surface area contributed by atoms with Crippen LogP contribution in [0.15, 0.2) is 47.6 Å². The van der Waals surface area contributed by atoms with Crippen LogP contribution in [0.25, 0.3) is 0 Å². The Morgan fingerprint density at radius 2 is 1.86 bits per heavy atom. The summed E-state index contributed by atoms with van der Waals surface area (Å²) in [5.74, 6) is 0. The maximum atomic E-state index is 10.6. The van der Waals surface area contributed by atoms with Gasteiger partial charge in [-0.2, -0.15) is 5.10 Å². The number of hydrogen-bond donors (Lipinski definition) is 1. The fourth-order valence-electron chi connectivity index (χ4n) is 1.64. The molecular weight excluding hydrogens is 313 g/mol. The van der Waals surface area contributed by atoms with Crippen molar-refractivity contribution in [3.8, 4) is 0 Å². The Labute approximate surface area is 131 Å². The third-order valence-corrected chi connectivity index (χ3v) is 3.31. The number of nitro benzene ring substituents is 1. The predicted molar refractivity (Wildman–Crippen MR) is 85.4 cm³/mol. The summed E-state index contributed by atoms with van der Waals surface area (Å²) in [6, 6.07) is 11.1. The minimum Gasteiger partial charge on any atom is -0.278 e. The molecule has 0 atom stereocenters. The maximum absolute atomic E-state index is 10.6. The van der Waals surface area contributed by atoms with Crippen LogP contribution in [0.5, 0.6) is 0 Å². The zero-order valence-corrected chi connectivity index (χ0v) is 12.5. The van der Waals surface area contributed by atoms with Crippen molar-refractivity contribution in [2.45, 2.75) is 6.92 Å². The first-order chi connectivity index (χ1) is 9.97. The van der Waals surface area contributed by atoms with Crippen LogP contribution >= 0.6 is 23.2 Å². The normalized spacial score (nSPS) is 11.3. The highest BCUT2D eigenvalue weighted by Gasteiger charge is 2.06. The molecule has 108 valence electrons. The van der Waals surface area contributed by atoms with Crippen molar-refractivity contribution in [2.75, 3.05) is 5.43 Å². The second-order valence-corrected chi connectivity index (χ2v) is 5.08. The third-order valence-electron chi connectivity index (χ3n) is 2.75. The predicted octanol–water partition coefficient (Wildman–Crippen LogP) is 4.74. The zero-order chi connectivity index (χ0) is 15.4. The third kappa shape index (κ3) is 3.93. The van der Waals surface area contributed by atoms with Gasteiger partial charge in [0.15, 0.2) is 0 Å². The number of hydrogen-bond acceptors (Lipinski definition) is 4. The lowest BCUT2D eigenvalue weighted by molar-refractivity contribution is -0.384. The number of anilines is 1. The summed E-state index contributed by atoms with van der Waals surface area (Å²) >= 11 is 12.0. The van der Waals surface area contributed by atoms with Crippen LogP contribution in [0.1, 0.15) is 12.5 Å². The van der Waals surface area contributed by atoms with Gasteiger partial charge < -0.3 is 0 Å². The Morgan fingerprint density at radius 1 is 1.19 bits per heavy atom. The molecule has 0 aliphatic rings. The van der Waals surface area contributed by atoms with Gasteiger partial charge in [-0.25, -0.2) is 0 Å². The van der Waals surface area contributed by atoms with E-state index in [2.05, 4.69) is 10.5 Å². The molecule has 21 heavy (non-hydrogen) atoms. The summed E-state index contributed by atoms with van der Waals surface area (Å²) in [5.41, 5.74) is 4.86. The van der Waals surface area contributed by atoms with Gasteiger partial charge in [-0.3, -0.25) is 15.5 Å². The number of rotatable bonds is 4. The monoisotopic (exact) mass is 323 g/mol. The molecule has 2 rings (SSSR count). The lowest BCUT2D eigenvalue weighted by atomic mass is 10.1. The first-order valence-corrected chi connectivity index (χ1v) is 6.73. The molecule has 0 fully saturated rings. The second-order valence-electron chi connectivity index (χ2n) is 4.24. The Kier molecular flexibility index (Phi) is 4.77. The van der Waals surface area contributed by atoms with Crippen LogP contribution in [0.2, 0.25) is 10.0 Å². The van der Waals surface area contributed by atoms with E-state index >= 15 is 0 Å². The lowest BCUT2D eigenvalue weighted by Crippen LogP contribution is -2.00. The van der Waals surface area contributed by atoms with Crippen molar-refractivity contribution in [2.24, 2.45) is 5.10 Å². The molecule has 0 radical (unpaired) electrons. The molecule has 0 heterocycles. The molecule has 2 aromatic carbocycles. The number of benzene rings is 2. The van der Waals surface area contributed by atoms with Crippen LogP contribution in [0, 0.1) is 10.1 Å². The van der Waals surface area contributed by atoms with Crippen molar-refractivity contribution >= 4 is 40.3 Å². The second kappa shape index (κ2) is 6.56. The zero-order valence-electron chi connectivity index (χ0n) is 11.0. The summed E-state index contributed by atoms with van der Waals surface area (Å²) < 4.78 is 0. The minimum absolute atomic E-state index is 0.0270. The van der Waals surface area contributed by atoms with Crippen LogP contribution in [-0.2, 0) is 0 Å². The van der Waals surface area contributed by atoms with Gasteiger partial charge in [0.05, 0.1) is 16.3 Å². The molecule has 5 nitrogen and oxygen atoms in total. The summed E-state index contributed by atoms with van der Waals surface area (Å²) in [6.07, 6.45) is 0. The summed E-state index contributed by atoms with van der Waals surface area (Å²) in [4.78, 5) is 10.1. The molecule has 0 aliphatic heterocycles. The number of halogens is 2. The summed E-state index contributed by atoms with van der Waals surface area (Å²) in [5, 5.41) is 15.9. The molecule has 0 unspecified atom stereocenters. The van der Waals surface area contributed by atoms with E-state index in [1.165, 1.54) is 12.1 Å². The SMILES string of the molecule is C/C(=N\Nc1ccc([N+](=O)[O-])cc1)c1cc(Cl)ccc1Cl. The Morgan fingerprint density at radius 3 is 2.48 bits per heavy atom. The van der Waals surface area contributed by atoms with E-state index in [1.807, 2.05) is 0 Å². The maximum Gasteiger partial charge on any atom is 0.269 e. The van der Waals surface area contributed by atoms with E-state index in [0.29, 0.717) is 21.4 Å². The highest BCUT2D eigenvalue weighted by Crippen LogP contribution is 2.22. The van der Waals surface area contributed by atoms with Gasteiger partial charge in [0.1, 0.15) is 0 Å². The highest BCUT2D eigenvalue weighted by atomic mass is 35.5. The van der Waals surface area contributed by atoms with Gasteiger partial charge in [0, 0.05) is 27.7 Å². The topological polar surface area (TPSA) is 67.5 Å². The summed E-state index contributed by atoms with van der Waals surface area (Å²) in [6.45, 7) is 1.79. The molecule has 0 saturated carbocycles. The molecule has 1 N–H and O–H groups in total. The van der Waals surface area contributed by atoms with Gasteiger partial charge in [-0.15, -0.1) is 0 Å².